The fourth-order valence-electron chi connectivity index (χ4n) is 3.01. The predicted octanol–water partition coefficient (Wildman–Crippen LogP) is -1.00. The molecule has 1 fully saturated rings. The van der Waals surface area contributed by atoms with Crippen LogP contribution in [0.15, 0.2) is 24.5 Å². The van der Waals surface area contributed by atoms with E-state index in [1.807, 2.05) is 42.6 Å². The van der Waals surface area contributed by atoms with Gasteiger partial charge in [0.15, 0.2) is 5.65 Å². The van der Waals surface area contributed by atoms with Gasteiger partial charge in [0.05, 0.1) is 6.20 Å². The van der Waals surface area contributed by atoms with Crippen LogP contribution in [0.5, 0.6) is 5.88 Å². The number of nitrogens with one attached hydrogen (secondary N) is 3. The van der Waals surface area contributed by atoms with E-state index in [1.165, 1.54) is 0 Å². The number of carbonyl (C=O) groups excluding carboxylic acids is 1. The van der Waals surface area contributed by atoms with Gasteiger partial charge < -0.3 is 20.7 Å². The van der Waals surface area contributed by atoms with E-state index in [0.29, 0.717) is 34.4 Å². The summed E-state index contributed by atoms with van der Waals surface area (Å²) in [5.41, 5.74) is 2.60. The number of amides is 1. The van der Waals surface area contributed by atoms with Crippen LogP contribution in [0.3, 0.4) is 0 Å². The molecule has 4 rings (SSSR count). The molecule has 3 aromatic heterocycles. The summed E-state index contributed by atoms with van der Waals surface area (Å²) in [4.78, 5) is 21.7. The molecular weight excluding hydrogens is 379 g/mol. The van der Waals surface area contributed by atoms with Crippen molar-refractivity contribution in [2.45, 2.75) is 31.1 Å². The minimum absolute atomic E-state index is 0.159. The van der Waals surface area contributed by atoms with Crippen molar-refractivity contribution < 1.29 is 9.53 Å². The third-order valence-electron chi connectivity index (χ3n) is 4.54. The molecule has 30 heavy (non-hydrogen) atoms. The lowest BCUT2D eigenvalue weighted by atomic mass is 9.52. The van der Waals surface area contributed by atoms with E-state index in [4.69, 9.17) is 4.74 Å². The molecule has 3 N–H and O–H groups in total. The molecule has 1 aliphatic rings. The van der Waals surface area contributed by atoms with Crippen molar-refractivity contribution in [3.8, 4) is 5.88 Å². The lowest BCUT2D eigenvalue weighted by Gasteiger charge is -2.23. The normalized spacial score (nSPS) is 13.8. The third kappa shape index (κ3) is 4.37. The van der Waals surface area contributed by atoms with E-state index in [2.05, 4.69) is 31.0 Å². The highest BCUT2D eigenvalue weighted by molar-refractivity contribution is 6.58. The number of carbonyl (C=O) groups is 1. The average molecular weight is 403 g/mol. The maximum atomic E-state index is 12.6. The van der Waals surface area contributed by atoms with Crippen LogP contribution in [0.1, 0.15) is 28.8 Å². The summed E-state index contributed by atoms with van der Waals surface area (Å²) in [6.45, 7) is 1.96. The first kappa shape index (κ1) is 20.1. The second kappa shape index (κ2) is 7.58. The first-order chi connectivity index (χ1) is 14.2. The Morgan fingerprint density at radius 1 is 1.27 bits per heavy atom. The molecule has 152 valence electrons. The minimum atomic E-state index is -0.397. The lowest BCUT2D eigenvalue weighted by molar-refractivity contribution is 0.0952. The Hall–Kier alpha value is -3.17. The Labute approximate surface area is 177 Å². The monoisotopic (exact) mass is 403 g/mol. The molecule has 3 heterocycles. The van der Waals surface area contributed by atoms with E-state index in [0.717, 1.165) is 18.4 Å². The lowest BCUT2D eigenvalue weighted by Crippen LogP contribution is -2.38. The molecular formula is C18H24B3N7O2. The van der Waals surface area contributed by atoms with E-state index in [9.17, 15) is 4.79 Å². The van der Waals surface area contributed by atoms with E-state index < -0.39 is 5.30 Å². The summed E-state index contributed by atoms with van der Waals surface area (Å²) in [5.74, 6) is 1.58. The van der Waals surface area contributed by atoms with Gasteiger partial charge in [-0.3, -0.25) is 4.79 Å². The Morgan fingerprint density at radius 2 is 2.03 bits per heavy atom. The summed E-state index contributed by atoms with van der Waals surface area (Å²) >= 11 is 0. The summed E-state index contributed by atoms with van der Waals surface area (Å²) < 4.78 is 7.62. The maximum Gasteiger partial charge on any atom is 0.256 e. The number of fused-ring (bicyclic) bond motifs is 1. The molecule has 1 amide bonds. The van der Waals surface area contributed by atoms with Crippen LogP contribution in [0.2, 0.25) is 0 Å². The fraction of sp³-hybridized carbons (Fsp3) is 0.333. The molecule has 0 unspecified atom stereocenters. The number of nitrogens with zero attached hydrogens (tertiary/aromatic N) is 4. The summed E-state index contributed by atoms with van der Waals surface area (Å²) in [6, 6.07) is 4.04. The molecule has 0 bridgehead atoms. The Balaban J connectivity index is 1.72. The van der Waals surface area contributed by atoms with Crippen LogP contribution in [0.25, 0.3) is 5.65 Å². The second-order valence-electron chi connectivity index (χ2n) is 8.52. The third-order valence-corrected chi connectivity index (χ3v) is 4.54. The standard InChI is InChI=1S/C18H24B3N7O2/c1-9-5-12(17(23-7-9)30-18(19,20)21)26-13-6-14(22-2)28-15(27-13)11(8-24-28)16(29)25-10-3-4-10/h5-8,10,22H,3-4,19-21H2,1-2H3,(H,25,29)(H,26,27). The Bertz CT molecular complexity index is 1110. The van der Waals surface area contributed by atoms with Crippen LogP contribution in [0, 0.1) is 6.92 Å². The fourth-order valence-corrected chi connectivity index (χ4v) is 3.01. The Kier molecular flexibility index (Phi) is 5.09. The molecule has 1 saturated carbocycles. The van der Waals surface area contributed by atoms with Crippen molar-refractivity contribution in [2.24, 2.45) is 0 Å². The summed E-state index contributed by atoms with van der Waals surface area (Å²) in [7, 11) is 7.71. The highest BCUT2D eigenvalue weighted by Gasteiger charge is 2.26. The van der Waals surface area contributed by atoms with Gasteiger partial charge in [-0.25, -0.2) is 9.97 Å². The van der Waals surface area contributed by atoms with Crippen molar-refractivity contribution in [3.63, 3.8) is 0 Å². The van der Waals surface area contributed by atoms with Gasteiger partial charge in [0.25, 0.3) is 5.91 Å². The van der Waals surface area contributed by atoms with Gasteiger partial charge in [0.1, 0.15) is 46.4 Å². The topological polar surface area (TPSA) is 105 Å². The molecule has 0 aromatic carbocycles. The van der Waals surface area contributed by atoms with E-state index in [1.54, 1.807) is 24.0 Å². The van der Waals surface area contributed by atoms with Gasteiger partial charge in [-0.1, -0.05) is 0 Å². The molecule has 12 heteroatoms. The van der Waals surface area contributed by atoms with Crippen LogP contribution in [-0.2, 0) is 0 Å². The van der Waals surface area contributed by atoms with Crippen LogP contribution in [0.4, 0.5) is 17.3 Å². The van der Waals surface area contributed by atoms with Crippen molar-refractivity contribution in [3.05, 3.63) is 35.7 Å². The molecule has 3 aromatic rings. The zero-order valence-corrected chi connectivity index (χ0v) is 17.9. The molecule has 0 radical (unpaired) electrons. The number of hydrogen-bond acceptors (Lipinski definition) is 7. The molecule has 0 atom stereocenters. The zero-order chi connectivity index (χ0) is 21.5. The number of hydrogen-bond donors (Lipinski definition) is 3. The van der Waals surface area contributed by atoms with Crippen LogP contribution < -0.4 is 20.7 Å². The largest absolute Gasteiger partial charge is 0.497 e. The predicted molar refractivity (Wildman–Crippen MR) is 124 cm³/mol. The number of aromatic nitrogens is 4. The number of aryl methyl sites for hydroxylation is 1. The van der Waals surface area contributed by atoms with Gasteiger partial charge in [0.2, 0.25) is 5.88 Å². The van der Waals surface area contributed by atoms with Crippen molar-refractivity contribution >= 4 is 52.4 Å². The second-order valence-corrected chi connectivity index (χ2v) is 8.52. The minimum Gasteiger partial charge on any atom is -0.497 e. The smallest absolute Gasteiger partial charge is 0.256 e. The average Bonchev–Trinajstić information content (AvgIpc) is 3.37. The van der Waals surface area contributed by atoms with Gasteiger partial charge in [-0.2, -0.15) is 9.61 Å². The van der Waals surface area contributed by atoms with E-state index in [-0.39, 0.29) is 11.9 Å². The van der Waals surface area contributed by atoms with Crippen molar-refractivity contribution in [2.75, 3.05) is 17.7 Å². The maximum absolute atomic E-state index is 12.6. The summed E-state index contributed by atoms with van der Waals surface area (Å²) in [6.07, 6.45) is 5.35. The highest BCUT2D eigenvalue weighted by Crippen LogP contribution is 2.29. The number of anilines is 3. The molecule has 0 aliphatic heterocycles. The SMILES string of the molecule is BC(B)(B)Oc1ncc(C)cc1Nc1cc(NC)n2ncc(C(=O)NC3CC3)c2n1. The molecule has 1 aliphatic carbocycles. The van der Waals surface area contributed by atoms with Gasteiger partial charge in [-0.05, 0) is 31.4 Å². The van der Waals surface area contributed by atoms with Gasteiger partial charge >= 0.3 is 0 Å². The first-order valence-electron chi connectivity index (χ1n) is 10.0. The molecule has 0 spiro atoms. The van der Waals surface area contributed by atoms with Crippen LogP contribution in [-0.4, -0.2) is 67.4 Å². The highest BCUT2D eigenvalue weighted by atomic mass is 16.5. The molecule has 0 saturated heterocycles. The first-order valence-corrected chi connectivity index (χ1v) is 10.0. The number of pyridine rings is 1. The van der Waals surface area contributed by atoms with E-state index >= 15 is 0 Å². The quantitative estimate of drug-likeness (QED) is 0.435. The number of rotatable bonds is 7. The zero-order valence-electron chi connectivity index (χ0n) is 17.9. The Morgan fingerprint density at radius 3 is 2.70 bits per heavy atom. The molecule has 9 nitrogen and oxygen atoms in total. The summed E-state index contributed by atoms with van der Waals surface area (Å²) in [5, 5.41) is 13.3. The number of ether oxygens (including phenoxy) is 1. The van der Waals surface area contributed by atoms with Crippen LogP contribution >= 0.6 is 0 Å². The van der Waals surface area contributed by atoms with Gasteiger partial charge in [0, 0.05) is 30.7 Å². The van der Waals surface area contributed by atoms with Gasteiger partial charge in [-0.15, -0.1) is 0 Å². The van der Waals surface area contributed by atoms with Crippen molar-refractivity contribution in [1.29, 1.82) is 0 Å². The van der Waals surface area contributed by atoms with Crippen molar-refractivity contribution in [1.82, 2.24) is 24.9 Å².